The number of carbonyl (C=O) groups is 1. The quantitative estimate of drug-likeness (QED) is 0.781. The van der Waals surface area contributed by atoms with E-state index in [4.69, 9.17) is 16.3 Å². The first-order chi connectivity index (χ1) is 12.7. The van der Waals surface area contributed by atoms with E-state index in [1.165, 1.54) is 11.8 Å². The molecule has 0 aliphatic carbocycles. The molecule has 1 aliphatic heterocycles. The van der Waals surface area contributed by atoms with Crippen molar-refractivity contribution in [3.05, 3.63) is 65.2 Å². The van der Waals surface area contributed by atoms with Gasteiger partial charge in [0.2, 0.25) is 5.91 Å². The van der Waals surface area contributed by atoms with Crippen LogP contribution in [0.3, 0.4) is 0 Å². The maximum Gasteiger partial charge on any atom is 0.248 e. The van der Waals surface area contributed by atoms with Gasteiger partial charge in [-0.1, -0.05) is 29.8 Å². The van der Waals surface area contributed by atoms with Crippen molar-refractivity contribution in [2.75, 3.05) is 30.4 Å². The van der Waals surface area contributed by atoms with Crippen LogP contribution in [0.4, 0.5) is 11.4 Å². The number of rotatable bonds is 5. The standard InChI is InChI=1S/C21H23ClN2O2/c1-26-19-12-14-24(15-13-19)18-9-7-17(8-10-18)23-21(25)11-6-16-4-2-3-5-20(16)22/h2-11,19H,12-15H2,1H3,(H,23,25). The molecule has 2 aromatic carbocycles. The van der Waals surface area contributed by atoms with Gasteiger partial charge in [-0.2, -0.15) is 0 Å². The minimum Gasteiger partial charge on any atom is -0.381 e. The summed E-state index contributed by atoms with van der Waals surface area (Å²) < 4.78 is 5.41. The highest BCUT2D eigenvalue weighted by Crippen LogP contribution is 2.23. The highest BCUT2D eigenvalue weighted by Gasteiger charge is 2.18. The molecule has 0 unspecified atom stereocenters. The first kappa shape index (κ1) is 18.5. The van der Waals surface area contributed by atoms with Crippen molar-refractivity contribution in [2.24, 2.45) is 0 Å². The van der Waals surface area contributed by atoms with Gasteiger partial charge in [0.05, 0.1) is 6.10 Å². The zero-order valence-corrected chi connectivity index (χ0v) is 15.6. The molecule has 1 aliphatic rings. The number of amides is 1. The summed E-state index contributed by atoms with van der Waals surface area (Å²) in [5, 5.41) is 3.49. The topological polar surface area (TPSA) is 41.6 Å². The molecule has 0 spiro atoms. The summed E-state index contributed by atoms with van der Waals surface area (Å²) in [5.41, 5.74) is 2.76. The summed E-state index contributed by atoms with van der Waals surface area (Å²) in [5.74, 6) is -0.182. The van der Waals surface area contributed by atoms with Crippen LogP contribution < -0.4 is 10.2 Å². The number of nitrogens with one attached hydrogen (secondary N) is 1. The molecule has 26 heavy (non-hydrogen) atoms. The second-order valence-corrected chi connectivity index (χ2v) is 6.72. The Morgan fingerprint density at radius 1 is 1.15 bits per heavy atom. The fourth-order valence-electron chi connectivity index (χ4n) is 3.06. The van der Waals surface area contributed by atoms with Gasteiger partial charge in [-0.25, -0.2) is 0 Å². The molecular weight excluding hydrogens is 348 g/mol. The smallest absolute Gasteiger partial charge is 0.248 e. The van der Waals surface area contributed by atoms with E-state index in [1.807, 2.05) is 42.5 Å². The summed E-state index contributed by atoms with van der Waals surface area (Å²) in [6, 6.07) is 15.4. The van der Waals surface area contributed by atoms with Crippen LogP contribution in [0.2, 0.25) is 5.02 Å². The minimum absolute atomic E-state index is 0.182. The lowest BCUT2D eigenvalue weighted by atomic mass is 10.1. The zero-order valence-electron chi connectivity index (χ0n) is 14.8. The van der Waals surface area contributed by atoms with E-state index in [0.717, 1.165) is 37.2 Å². The average molecular weight is 371 g/mol. The van der Waals surface area contributed by atoms with Gasteiger partial charge >= 0.3 is 0 Å². The highest BCUT2D eigenvalue weighted by molar-refractivity contribution is 6.32. The molecule has 4 nitrogen and oxygen atoms in total. The van der Waals surface area contributed by atoms with E-state index in [1.54, 1.807) is 19.3 Å². The second kappa shape index (κ2) is 8.88. The monoisotopic (exact) mass is 370 g/mol. The number of hydrogen-bond donors (Lipinski definition) is 1. The fourth-order valence-corrected chi connectivity index (χ4v) is 3.26. The molecule has 136 valence electrons. The van der Waals surface area contributed by atoms with E-state index in [0.29, 0.717) is 11.1 Å². The van der Waals surface area contributed by atoms with Gasteiger partial charge in [0.25, 0.3) is 0 Å². The Morgan fingerprint density at radius 2 is 1.85 bits per heavy atom. The van der Waals surface area contributed by atoms with Gasteiger partial charge in [-0.05, 0) is 54.8 Å². The first-order valence-corrected chi connectivity index (χ1v) is 9.15. The number of hydrogen-bond acceptors (Lipinski definition) is 3. The number of benzene rings is 2. The SMILES string of the molecule is COC1CCN(c2ccc(NC(=O)C=Cc3ccccc3Cl)cc2)CC1. The van der Waals surface area contributed by atoms with E-state index in [-0.39, 0.29) is 5.91 Å². The molecule has 1 fully saturated rings. The molecular formula is C21H23ClN2O2. The van der Waals surface area contributed by atoms with Crippen molar-refractivity contribution in [2.45, 2.75) is 18.9 Å². The van der Waals surface area contributed by atoms with E-state index in [2.05, 4.69) is 10.2 Å². The summed E-state index contributed by atoms with van der Waals surface area (Å²) in [6.07, 6.45) is 5.66. The van der Waals surface area contributed by atoms with Crippen molar-refractivity contribution < 1.29 is 9.53 Å². The van der Waals surface area contributed by atoms with E-state index >= 15 is 0 Å². The van der Waals surface area contributed by atoms with Crippen LogP contribution in [0.25, 0.3) is 6.08 Å². The Kier molecular flexibility index (Phi) is 6.31. The lowest BCUT2D eigenvalue weighted by Crippen LogP contribution is -2.36. The van der Waals surface area contributed by atoms with Gasteiger partial charge in [0, 0.05) is 42.7 Å². The number of anilines is 2. The average Bonchev–Trinajstić information content (AvgIpc) is 2.68. The molecule has 2 aromatic rings. The number of nitrogens with zero attached hydrogens (tertiary/aromatic N) is 1. The van der Waals surface area contributed by atoms with Gasteiger partial charge in [-0.3, -0.25) is 4.79 Å². The van der Waals surface area contributed by atoms with Crippen LogP contribution in [0.1, 0.15) is 18.4 Å². The minimum atomic E-state index is -0.182. The Hall–Kier alpha value is -2.30. The molecule has 0 atom stereocenters. The maximum atomic E-state index is 12.1. The maximum absolute atomic E-state index is 12.1. The first-order valence-electron chi connectivity index (χ1n) is 8.77. The lowest BCUT2D eigenvalue weighted by Gasteiger charge is -2.33. The summed E-state index contributed by atoms with van der Waals surface area (Å²) in [7, 11) is 1.78. The van der Waals surface area contributed by atoms with Crippen molar-refractivity contribution in [1.29, 1.82) is 0 Å². The number of halogens is 1. The lowest BCUT2D eigenvalue weighted by molar-refractivity contribution is -0.111. The van der Waals surface area contributed by atoms with Gasteiger partial charge < -0.3 is 15.0 Å². The molecule has 1 heterocycles. The van der Waals surface area contributed by atoms with E-state index < -0.39 is 0 Å². The van der Waals surface area contributed by atoms with Crippen LogP contribution in [0, 0.1) is 0 Å². The van der Waals surface area contributed by atoms with Crippen LogP contribution in [-0.4, -0.2) is 32.2 Å². The number of piperidine rings is 1. The molecule has 0 aromatic heterocycles. The molecule has 1 amide bonds. The van der Waals surface area contributed by atoms with Crippen molar-refractivity contribution >= 4 is 35.0 Å². The molecule has 5 heteroatoms. The van der Waals surface area contributed by atoms with Crippen LogP contribution in [-0.2, 0) is 9.53 Å². The highest BCUT2D eigenvalue weighted by atomic mass is 35.5. The normalized spacial score (nSPS) is 15.4. The largest absolute Gasteiger partial charge is 0.381 e. The number of methoxy groups -OCH3 is 1. The number of carbonyl (C=O) groups excluding carboxylic acids is 1. The van der Waals surface area contributed by atoms with E-state index in [9.17, 15) is 4.79 Å². The third kappa shape index (κ3) is 4.87. The Labute approximate surface area is 159 Å². The van der Waals surface area contributed by atoms with Crippen LogP contribution in [0.5, 0.6) is 0 Å². The number of ether oxygens (including phenoxy) is 1. The molecule has 0 bridgehead atoms. The predicted octanol–water partition coefficient (Wildman–Crippen LogP) is 4.61. The Balaban J connectivity index is 1.56. The molecule has 0 radical (unpaired) electrons. The van der Waals surface area contributed by atoms with Crippen LogP contribution in [0.15, 0.2) is 54.6 Å². The van der Waals surface area contributed by atoms with Gasteiger partial charge in [0.1, 0.15) is 0 Å². The van der Waals surface area contributed by atoms with Gasteiger partial charge in [-0.15, -0.1) is 0 Å². The summed E-state index contributed by atoms with van der Waals surface area (Å²) in [4.78, 5) is 14.4. The van der Waals surface area contributed by atoms with Crippen LogP contribution >= 0.6 is 11.6 Å². The Morgan fingerprint density at radius 3 is 2.50 bits per heavy atom. The Bertz CT molecular complexity index is 766. The second-order valence-electron chi connectivity index (χ2n) is 6.31. The predicted molar refractivity (Wildman–Crippen MR) is 108 cm³/mol. The third-order valence-corrected chi connectivity index (χ3v) is 4.94. The zero-order chi connectivity index (χ0) is 18.4. The molecule has 1 saturated heterocycles. The van der Waals surface area contributed by atoms with Crippen molar-refractivity contribution in [1.82, 2.24) is 0 Å². The third-order valence-electron chi connectivity index (χ3n) is 4.59. The fraction of sp³-hybridized carbons (Fsp3) is 0.286. The molecule has 0 saturated carbocycles. The molecule has 3 rings (SSSR count). The summed E-state index contributed by atoms with van der Waals surface area (Å²) >= 11 is 6.08. The van der Waals surface area contributed by atoms with Gasteiger partial charge in [0.15, 0.2) is 0 Å². The van der Waals surface area contributed by atoms with Crippen molar-refractivity contribution in [3.63, 3.8) is 0 Å². The molecule has 1 N–H and O–H groups in total. The summed E-state index contributed by atoms with van der Waals surface area (Å²) in [6.45, 7) is 1.98. The van der Waals surface area contributed by atoms with Crippen molar-refractivity contribution in [3.8, 4) is 0 Å².